The average Bonchev–Trinajstić information content (AvgIpc) is 2.70. The molecular formula is C14H17BrO2. The van der Waals surface area contributed by atoms with Crippen LogP contribution in [0.5, 0.6) is 11.5 Å². The fraction of sp³-hybridized carbons (Fsp3) is 0.571. The van der Waals surface area contributed by atoms with Gasteiger partial charge in [-0.2, -0.15) is 0 Å². The van der Waals surface area contributed by atoms with Crippen LogP contribution in [-0.2, 0) is 0 Å². The highest BCUT2D eigenvalue weighted by atomic mass is 79.9. The van der Waals surface area contributed by atoms with Gasteiger partial charge in [0.1, 0.15) is 13.2 Å². The van der Waals surface area contributed by atoms with Gasteiger partial charge in [0, 0.05) is 4.83 Å². The van der Waals surface area contributed by atoms with Crippen molar-refractivity contribution in [2.45, 2.75) is 30.5 Å². The number of rotatable bonds is 1. The van der Waals surface area contributed by atoms with Crippen LogP contribution in [0.2, 0.25) is 0 Å². The highest BCUT2D eigenvalue weighted by Crippen LogP contribution is 2.44. The lowest BCUT2D eigenvalue weighted by Gasteiger charge is -2.22. The fourth-order valence-electron chi connectivity index (χ4n) is 2.88. The van der Waals surface area contributed by atoms with Gasteiger partial charge in [0.25, 0.3) is 0 Å². The topological polar surface area (TPSA) is 18.5 Å². The monoisotopic (exact) mass is 296 g/mol. The molecule has 3 rings (SSSR count). The highest BCUT2D eigenvalue weighted by molar-refractivity contribution is 9.09. The molecule has 0 aromatic heterocycles. The first-order valence-electron chi connectivity index (χ1n) is 6.29. The Hall–Kier alpha value is -0.700. The van der Waals surface area contributed by atoms with Crippen LogP contribution < -0.4 is 9.47 Å². The van der Waals surface area contributed by atoms with Crippen LogP contribution in [0.1, 0.15) is 31.2 Å². The van der Waals surface area contributed by atoms with Crippen molar-refractivity contribution in [3.63, 3.8) is 0 Å². The van der Waals surface area contributed by atoms with E-state index >= 15 is 0 Å². The van der Waals surface area contributed by atoms with Gasteiger partial charge < -0.3 is 9.47 Å². The van der Waals surface area contributed by atoms with E-state index in [1.54, 1.807) is 0 Å². The fourth-order valence-corrected chi connectivity index (χ4v) is 3.51. The maximum Gasteiger partial charge on any atom is 0.161 e. The van der Waals surface area contributed by atoms with Crippen LogP contribution >= 0.6 is 15.9 Å². The molecule has 0 radical (unpaired) electrons. The first-order valence-corrected chi connectivity index (χ1v) is 7.21. The van der Waals surface area contributed by atoms with Crippen LogP contribution in [0.25, 0.3) is 0 Å². The summed E-state index contributed by atoms with van der Waals surface area (Å²) < 4.78 is 11.2. The van der Waals surface area contributed by atoms with E-state index in [2.05, 4.69) is 41.1 Å². The molecule has 17 heavy (non-hydrogen) atoms. The summed E-state index contributed by atoms with van der Waals surface area (Å²) in [6, 6.07) is 6.42. The van der Waals surface area contributed by atoms with Crippen molar-refractivity contribution in [1.29, 1.82) is 0 Å². The van der Waals surface area contributed by atoms with Gasteiger partial charge >= 0.3 is 0 Å². The molecule has 0 amide bonds. The van der Waals surface area contributed by atoms with E-state index in [1.165, 1.54) is 18.4 Å². The Balaban J connectivity index is 1.88. The Morgan fingerprint density at radius 1 is 1.12 bits per heavy atom. The number of halogens is 1. The minimum atomic E-state index is 0.648. The average molecular weight is 297 g/mol. The molecule has 0 bridgehead atoms. The Morgan fingerprint density at radius 2 is 1.88 bits per heavy atom. The Kier molecular flexibility index (Phi) is 3.03. The summed E-state index contributed by atoms with van der Waals surface area (Å²) in [5.41, 5.74) is 1.39. The van der Waals surface area contributed by atoms with Gasteiger partial charge in [-0.1, -0.05) is 28.9 Å². The van der Waals surface area contributed by atoms with Crippen molar-refractivity contribution >= 4 is 15.9 Å². The number of benzene rings is 1. The van der Waals surface area contributed by atoms with Gasteiger partial charge in [-0.25, -0.2) is 0 Å². The van der Waals surface area contributed by atoms with Gasteiger partial charge in [-0.3, -0.25) is 0 Å². The molecule has 0 saturated heterocycles. The largest absolute Gasteiger partial charge is 0.486 e. The van der Waals surface area contributed by atoms with E-state index in [4.69, 9.17) is 9.47 Å². The Morgan fingerprint density at radius 3 is 2.59 bits per heavy atom. The predicted octanol–water partition coefficient (Wildman–Crippen LogP) is 3.73. The molecule has 92 valence electrons. The maximum atomic E-state index is 5.65. The number of hydrogen-bond acceptors (Lipinski definition) is 2. The summed E-state index contributed by atoms with van der Waals surface area (Å²) in [5, 5.41) is 0. The van der Waals surface area contributed by atoms with Gasteiger partial charge in [0.15, 0.2) is 11.5 Å². The molecule has 1 saturated carbocycles. The van der Waals surface area contributed by atoms with Gasteiger partial charge in [0.05, 0.1) is 0 Å². The smallest absolute Gasteiger partial charge is 0.161 e. The molecule has 3 atom stereocenters. The van der Waals surface area contributed by atoms with E-state index in [0.717, 1.165) is 11.5 Å². The van der Waals surface area contributed by atoms with E-state index in [9.17, 15) is 0 Å². The quantitative estimate of drug-likeness (QED) is 0.735. The lowest BCUT2D eigenvalue weighted by Crippen LogP contribution is -2.16. The second-order valence-corrected chi connectivity index (χ2v) is 6.14. The molecule has 1 heterocycles. The normalized spacial score (nSPS) is 31.5. The van der Waals surface area contributed by atoms with Crippen molar-refractivity contribution in [2.24, 2.45) is 5.92 Å². The van der Waals surface area contributed by atoms with E-state index in [1.807, 2.05) is 0 Å². The van der Waals surface area contributed by atoms with Crippen LogP contribution in [-0.4, -0.2) is 18.0 Å². The first kappa shape index (κ1) is 11.4. The van der Waals surface area contributed by atoms with Crippen molar-refractivity contribution in [3.8, 4) is 11.5 Å². The van der Waals surface area contributed by atoms with Crippen LogP contribution in [0.4, 0.5) is 0 Å². The first-order chi connectivity index (χ1) is 8.25. The van der Waals surface area contributed by atoms with E-state index in [-0.39, 0.29) is 0 Å². The SMILES string of the molecule is CC1C(Br)CCC1c1ccc2c(c1)OCCO2. The number of ether oxygens (including phenoxy) is 2. The third kappa shape index (κ3) is 2.05. The van der Waals surface area contributed by atoms with Gasteiger partial charge in [0.2, 0.25) is 0 Å². The Labute approximate surface area is 110 Å². The van der Waals surface area contributed by atoms with Crippen LogP contribution in [0.3, 0.4) is 0 Å². The summed E-state index contributed by atoms with van der Waals surface area (Å²) in [4.78, 5) is 0.653. The summed E-state index contributed by atoms with van der Waals surface area (Å²) in [6.07, 6.45) is 2.52. The molecule has 1 aromatic carbocycles. The third-order valence-electron chi connectivity index (χ3n) is 3.95. The molecule has 1 aromatic rings. The van der Waals surface area contributed by atoms with E-state index in [0.29, 0.717) is 29.9 Å². The molecular weight excluding hydrogens is 280 g/mol. The summed E-state index contributed by atoms with van der Waals surface area (Å²) >= 11 is 3.76. The molecule has 2 aliphatic rings. The molecule has 1 aliphatic heterocycles. The van der Waals surface area contributed by atoms with Crippen molar-refractivity contribution in [2.75, 3.05) is 13.2 Å². The number of alkyl halides is 1. The van der Waals surface area contributed by atoms with Gasteiger partial charge in [-0.15, -0.1) is 0 Å². The molecule has 0 spiro atoms. The minimum absolute atomic E-state index is 0.648. The molecule has 3 heteroatoms. The molecule has 2 nitrogen and oxygen atoms in total. The zero-order chi connectivity index (χ0) is 11.8. The lowest BCUT2D eigenvalue weighted by molar-refractivity contribution is 0.171. The van der Waals surface area contributed by atoms with Gasteiger partial charge in [-0.05, 0) is 42.4 Å². The van der Waals surface area contributed by atoms with Crippen molar-refractivity contribution in [3.05, 3.63) is 23.8 Å². The number of hydrogen-bond donors (Lipinski definition) is 0. The molecule has 1 fully saturated rings. The zero-order valence-electron chi connectivity index (χ0n) is 9.99. The Bertz CT molecular complexity index is 419. The number of fused-ring (bicyclic) bond motifs is 1. The zero-order valence-corrected chi connectivity index (χ0v) is 11.6. The van der Waals surface area contributed by atoms with Crippen molar-refractivity contribution in [1.82, 2.24) is 0 Å². The summed E-state index contributed by atoms with van der Waals surface area (Å²) in [7, 11) is 0. The maximum absolute atomic E-state index is 5.65. The summed E-state index contributed by atoms with van der Waals surface area (Å²) in [5.74, 6) is 3.15. The molecule has 0 N–H and O–H groups in total. The molecule has 3 unspecified atom stereocenters. The van der Waals surface area contributed by atoms with E-state index < -0.39 is 0 Å². The predicted molar refractivity (Wildman–Crippen MR) is 71.3 cm³/mol. The standard InChI is InChI=1S/C14H17BrO2/c1-9-11(3-4-12(9)15)10-2-5-13-14(8-10)17-7-6-16-13/h2,5,8-9,11-12H,3-4,6-7H2,1H3. The second kappa shape index (κ2) is 4.52. The molecule has 1 aliphatic carbocycles. The summed E-state index contributed by atoms with van der Waals surface area (Å²) in [6.45, 7) is 3.65. The lowest BCUT2D eigenvalue weighted by atomic mass is 9.90. The minimum Gasteiger partial charge on any atom is -0.486 e. The van der Waals surface area contributed by atoms with Crippen molar-refractivity contribution < 1.29 is 9.47 Å². The van der Waals surface area contributed by atoms with Crippen LogP contribution in [0.15, 0.2) is 18.2 Å². The van der Waals surface area contributed by atoms with Crippen LogP contribution in [0, 0.1) is 5.92 Å². The highest BCUT2D eigenvalue weighted by Gasteiger charge is 2.32. The third-order valence-corrected chi connectivity index (χ3v) is 5.24. The second-order valence-electron chi connectivity index (χ2n) is 4.96.